The molecule has 23 heavy (non-hydrogen) atoms. The molecule has 0 aromatic heterocycles. The molecule has 0 aliphatic carbocycles. The van der Waals surface area contributed by atoms with Crippen LogP contribution in [0.3, 0.4) is 0 Å². The first-order valence-electron chi connectivity index (χ1n) is 6.87. The molecular weight excluding hydrogens is 355 g/mol. The van der Waals surface area contributed by atoms with Gasteiger partial charge in [0.25, 0.3) is 0 Å². The molecule has 1 aromatic rings. The van der Waals surface area contributed by atoms with Gasteiger partial charge in [0.1, 0.15) is 11.9 Å². The first-order valence-corrected chi connectivity index (χ1v) is 8.93. The fourth-order valence-corrected chi connectivity index (χ4v) is 3.39. The molecule has 1 N–H and O–H groups in total. The zero-order chi connectivity index (χ0) is 16.4. The predicted molar refractivity (Wildman–Crippen MR) is 83.8 cm³/mol. The van der Waals surface area contributed by atoms with E-state index in [2.05, 4.69) is 5.32 Å². The molecule has 0 radical (unpaired) electrons. The Kier molecular flexibility index (Phi) is 6.73. The SMILES string of the molecule is CS(=O)(=O)C[C@@H](Oc1ccc(C(F)(F)F)cc1)[C@H]1CCNC1.Cl. The third kappa shape index (κ3) is 6.19. The lowest BCUT2D eigenvalue weighted by Crippen LogP contribution is -2.35. The summed E-state index contributed by atoms with van der Waals surface area (Å²) in [6.07, 6.45) is -3.07. The topological polar surface area (TPSA) is 55.4 Å². The highest BCUT2D eigenvalue weighted by Gasteiger charge is 2.31. The maximum atomic E-state index is 12.5. The second-order valence-corrected chi connectivity index (χ2v) is 7.71. The number of sulfone groups is 1. The summed E-state index contributed by atoms with van der Waals surface area (Å²) in [5, 5.41) is 3.13. The zero-order valence-electron chi connectivity index (χ0n) is 12.5. The molecule has 1 aromatic carbocycles. The summed E-state index contributed by atoms with van der Waals surface area (Å²) >= 11 is 0. The van der Waals surface area contributed by atoms with Crippen LogP contribution in [0.15, 0.2) is 24.3 Å². The van der Waals surface area contributed by atoms with Crippen molar-refractivity contribution in [3.63, 3.8) is 0 Å². The minimum Gasteiger partial charge on any atom is -0.489 e. The van der Waals surface area contributed by atoms with E-state index < -0.39 is 27.7 Å². The zero-order valence-corrected chi connectivity index (χ0v) is 14.1. The van der Waals surface area contributed by atoms with Crippen molar-refractivity contribution in [2.75, 3.05) is 25.1 Å². The summed E-state index contributed by atoms with van der Waals surface area (Å²) < 4.78 is 66.3. The Morgan fingerprint density at radius 2 is 1.91 bits per heavy atom. The number of ether oxygens (including phenoxy) is 1. The number of benzene rings is 1. The molecule has 0 unspecified atom stereocenters. The smallest absolute Gasteiger partial charge is 0.416 e. The van der Waals surface area contributed by atoms with Gasteiger partial charge >= 0.3 is 6.18 Å². The number of halogens is 4. The van der Waals surface area contributed by atoms with E-state index >= 15 is 0 Å². The van der Waals surface area contributed by atoms with Crippen LogP contribution in [0.25, 0.3) is 0 Å². The van der Waals surface area contributed by atoms with E-state index in [0.29, 0.717) is 6.54 Å². The Bertz CT molecular complexity index is 599. The second-order valence-electron chi connectivity index (χ2n) is 5.52. The number of nitrogens with one attached hydrogen (secondary N) is 1. The number of hydrogen-bond donors (Lipinski definition) is 1. The Morgan fingerprint density at radius 1 is 1.30 bits per heavy atom. The lowest BCUT2D eigenvalue weighted by Gasteiger charge is -2.24. The molecule has 132 valence electrons. The van der Waals surface area contributed by atoms with Crippen molar-refractivity contribution in [2.45, 2.75) is 18.7 Å². The van der Waals surface area contributed by atoms with E-state index in [0.717, 1.165) is 31.4 Å². The molecule has 2 rings (SSSR count). The van der Waals surface area contributed by atoms with E-state index in [9.17, 15) is 21.6 Å². The molecule has 1 heterocycles. The van der Waals surface area contributed by atoms with Crippen molar-refractivity contribution >= 4 is 22.2 Å². The maximum absolute atomic E-state index is 12.5. The van der Waals surface area contributed by atoms with Crippen molar-refractivity contribution < 1.29 is 26.3 Å². The normalized spacial score (nSPS) is 19.9. The Labute approximate surface area is 139 Å². The Hall–Kier alpha value is -0.990. The van der Waals surface area contributed by atoms with Crippen LogP contribution in [0.4, 0.5) is 13.2 Å². The molecule has 0 spiro atoms. The van der Waals surface area contributed by atoms with E-state index in [4.69, 9.17) is 4.74 Å². The van der Waals surface area contributed by atoms with Gasteiger partial charge < -0.3 is 10.1 Å². The maximum Gasteiger partial charge on any atom is 0.416 e. The van der Waals surface area contributed by atoms with Crippen molar-refractivity contribution in [3.8, 4) is 5.75 Å². The molecule has 0 saturated carbocycles. The largest absolute Gasteiger partial charge is 0.489 e. The highest BCUT2D eigenvalue weighted by Crippen LogP contribution is 2.31. The number of hydrogen-bond acceptors (Lipinski definition) is 4. The van der Waals surface area contributed by atoms with Crippen molar-refractivity contribution in [1.29, 1.82) is 0 Å². The van der Waals surface area contributed by atoms with Crippen LogP contribution in [-0.2, 0) is 16.0 Å². The fraction of sp³-hybridized carbons (Fsp3) is 0.571. The average molecular weight is 374 g/mol. The summed E-state index contributed by atoms with van der Waals surface area (Å²) in [6, 6.07) is 4.31. The minimum atomic E-state index is -4.40. The van der Waals surface area contributed by atoms with Crippen molar-refractivity contribution in [3.05, 3.63) is 29.8 Å². The summed E-state index contributed by atoms with van der Waals surface area (Å²) in [4.78, 5) is 0. The number of rotatable bonds is 5. The van der Waals surface area contributed by atoms with Gasteiger partial charge in [-0.05, 0) is 37.2 Å². The molecular formula is C14H19ClF3NO3S. The monoisotopic (exact) mass is 373 g/mol. The Morgan fingerprint density at radius 3 is 2.35 bits per heavy atom. The first-order chi connectivity index (χ1) is 10.1. The third-order valence-electron chi connectivity index (χ3n) is 3.56. The summed E-state index contributed by atoms with van der Waals surface area (Å²) in [5.41, 5.74) is -0.762. The molecule has 1 saturated heterocycles. The summed E-state index contributed by atoms with van der Waals surface area (Å²) in [6.45, 7) is 1.42. The molecule has 1 fully saturated rings. The molecule has 4 nitrogen and oxygen atoms in total. The van der Waals surface area contributed by atoms with Crippen LogP contribution < -0.4 is 10.1 Å². The van der Waals surface area contributed by atoms with E-state index in [-0.39, 0.29) is 29.8 Å². The minimum absolute atomic E-state index is 0. The van der Waals surface area contributed by atoms with Crippen LogP contribution in [0.5, 0.6) is 5.75 Å². The molecule has 0 amide bonds. The number of alkyl halides is 3. The summed E-state index contributed by atoms with van der Waals surface area (Å²) in [7, 11) is -3.25. The van der Waals surface area contributed by atoms with Crippen LogP contribution in [0.1, 0.15) is 12.0 Å². The molecule has 9 heteroatoms. The fourth-order valence-electron chi connectivity index (χ4n) is 2.46. The van der Waals surface area contributed by atoms with Crippen LogP contribution in [-0.4, -0.2) is 39.6 Å². The highest BCUT2D eigenvalue weighted by atomic mass is 35.5. The lowest BCUT2D eigenvalue weighted by molar-refractivity contribution is -0.137. The van der Waals surface area contributed by atoms with Gasteiger partial charge in [0.05, 0.1) is 11.3 Å². The van der Waals surface area contributed by atoms with Gasteiger partial charge in [-0.3, -0.25) is 0 Å². The van der Waals surface area contributed by atoms with E-state index in [1.807, 2.05) is 0 Å². The second kappa shape index (κ2) is 7.72. The van der Waals surface area contributed by atoms with Gasteiger partial charge in [-0.25, -0.2) is 8.42 Å². The Balaban J connectivity index is 0.00000264. The quantitative estimate of drug-likeness (QED) is 0.861. The van der Waals surface area contributed by atoms with E-state index in [1.165, 1.54) is 12.1 Å². The molecule has 2 atom stereocenters. The van der Waals surface area contributed by atoms with Crippen LogP contribution in [0, 0.1) is 5.92 Å². The van der Waals surface area contributed by atoms with Gasteiger partial charge in [0, 0.05) is 18.7 Å². The van der Waals surface area contributed by atoms with E-state index in [1.54, 1.807) is 0 Å². The van der Waals surface area contributed by atoms with Gasteiger partial charge in [-0.2, -0.15) is 13.2 Å². The van der Waals surface area contributed by atoms with Crippen molar-refractivity contribution in [1.82, 2.24) is 5.32 Å². The molecule has 1 aliphatic rings. The predicted octanol–water partition coefficient (Wildman–Crippen LogP) is 2.53. The highest BCUT2D eigenvalue weighted by molar-refractivity contribution is 7.90. The van der Waals surface area contributed by atoms with Gasteiger partial charge in [-0.1, -0.05) is 0 Å². The van der Waals surface area contributed by atoms with Crippen molar-refractivity contribution in [2.24, 2.45) is 5.92 Å². The summed E-state index contributed by atoms with van der Waals surface area (Å²) in [5.74, 6) is 0.117. The van der Waals surface area contributed by atoms with Gasteiger partial charge in [0.15, 0.2) is 9.84 Å². The molecule has 0 bridgehead atoms. The third-order valence-corrected chi connectivity index (χ3v) is 4.49. The lowest BCUT2D eigenvalue weighted by atomic mass is 10.0. The van der Waals surface area contributed by atoms with Gasteiger partial charge in [-0.15, -0.1) is 12.4 Å². The first kappa shape index (κ1) is 20.1. The van der Waals surface area contributed by atoms with Crippen LogP contribution in [0.2, 0.25) is 0 Å². The average Bonchev–Trinajstić information content (AvgIpc) is 2.89. The van der Waals surface area contributed by atoms with Crippen LogP contribution >= 0.6 is 12.4 Å². The van der Waals surface area contributed by atoms with Gasteiger partial charge in [0.2, 0.25) is 0 Å². The standard InChI is InChI=1S/C14H18F3NO3S.ClH/c1-22(19,20)9-13(10-6-7-18-8-10)21-12-4-2-11(3-5-12)14(15,16)17;/h2-5,10,13,18H,6-9H2,1H3;1H/t10-,13+;/m0./s1. The molecule has 1 aliphatic heterocycles.